The highest BCUT2D eigenvalue weighted by molar-refractivity contribution is 6.94. The Morgan fingerprint density at radius 3 is 2.00 bits per heavy atom. The van der Waals surface area contributed by atoms with E-state index in [1.165, 1.54) is 32.1 Å². The molecule has 1 saturated carbocycles. The van der Waals surface area contributed by atoms with Crippen LogP contribution in [0.5, 0.6) is 0 Å². The summed E-state index contributed by atoms with van der Waals surface area (Å²) < 4.78 is 0. The normalized spacial score (nSPS) is 23.6. The van der Waals surface area contributed by atoms with Crippen molar-refractivity contribution in [2.24, 2.45) is 0 Å². The predicted octanol–water partition coefficient (Wildman–Crippen LogP) is 5.58. The van der Waals surface area contributed by atoms with Crippen LogP contribution in [0.15, 0.2) is 53.6 Å². The summed E-state index contributed by atoms with van der Waals surface area (Å²) in [6, 6.07) is 11.5. The molecule has 0 saturated heterocycles. The molecule has 1 heteroatoms. The van der Waals surface area contributed by atoms with Gasteiger partial charge in [-0.05, 0) is 19.4 Å². The quantitative estimate of drug-likeness (QED) is 0.638. The van der Waals surface area contributed by atoms with E-state index in [1.807, 2.05) is 0 Å². The van der Waals surface area contributed by atoms with E-state index in [9.17, 15) is 0 Å². The van der Waals surface area contributed by atoms with Crippen molar-refractivity contribution in [3.8, 4) is 0 Å². The second-order valence-electron chi connectivity index (χ2n) is 7.24. The summed E-state index contributed by atoms with van der Waals surface area (Å²) in [7, 11) is -1.55. The SMILES string of the molecule is CC1=CC=C(C)C1[Si](C)(c1ccccc1)C1CCCCC1. The van der Waals surface area contributed by atoms with Crippen molar-refractivity contribution in [2.75, 3.05) is 0 Å². The molecule has 0 radical (unpaired) electrons. The minimum absolute atomic E-state index is 0.725. The highest BCUT2D eigenvalue weighted by atomic mass is 28.3. The van der Waals surface area contributed by atoms with Gasteiger partial charge in [-0.3, -0.25) is 0 Å². The first-order valence-corrected chi connectivity index (χ1v) is 11.2. The maximum atomic E-state index is 2.67. The van der Waals surface area contributed by atoms with Gasteiger partial charge in [0.2, 0.25) is 0 Å². The first-order chi connectivity index (χ1) is 10.1. The van der Waals surface area contributed by atoms with Crippen LogP contribution in [0.2, 0.25) is 17.6 Å². The van der Waals surface area contributed by atoms with E-state index in [2.05, 4.69) is 62.9 Å². The van der Waals surface area contributed by atoms with Gasteiger partial charge < -0.3 is 0 Å². The van der Waals surface area contributed by atoms with Crippen molar-refractivity contribution in [1.82, 2.24) is 0 Å². The molecule has 112 valence electrons. The average molecular weight is 297 g/mol. The molecule has 1 fully saturated rings. The van der Waals surface area contributed by atoms with Crippen molar-refractivity contribution in [3.05, 3.63) is 53.6 Å². The monoisotopic (exact) mass is 296 g/mol. The number of hydrogen-bond acceptors (Lipinski definition) is 0. The standard InChI is InChI=1S/C20H28Si/c1-16-14-15-17(2)20(16)21(3,18-10-6-4-7-11-18)19-12-8-5-9-13-19/h4,6-7,10-11,14-15,19-20H,5,8-9,12-13H2,1-3H3. The van der Waals surface area contributed by atoms with E-state index in [0.717, 1.165) is 11.1 Å². The summed E-state index contributed by atoms with van der Waals surface area (Å²) in [6.45, 7) is 7.38. The molecule has 2 aliphatic rings. The Hall–Kier alpha value is -1.08. The molecule has 0 bridgehead atoms. The maximum absolute atomic E-state index is 2.67. The maximum Gasteiger partial charge on any atom is 0.0978 e. The fourth-order valence-corrected chi connectivity index (χ4v) is 10.8. The third-order valence-electron chi connectivity index (χ3n) is 5.97. The van der Waals surface area contributed by atoms with E-state index in [0.29, 0.717) is 0 Å². The zero-order valence-corrected chi connectivity index (χ0v) is 14.7. The number of hydrogen-bond donors (Lipinski definition) is 0. The Morgan fingerprint density at radius 2 is 1.43 bits per heavy atom. The molecule has 0 aromatic heterocycles. The molecular formula is C20H28Si. The lowest BCUT2D eigenvalue weighted by Crippen LogP contribution is -2.53. The second kappa shape index (κ2) is 5.96. The fourth-order valence-electron chi connectivity index (χ4n) is 4.90. The Bertz CT molecular complexity index is 530. The van der Waals surface area contributed by atoms with Gasteiger partial charge in [0.1, 0.15) is 0 Å². The molecule has 0 spiro atoms. The Labute approximate surface area is 131 Å². The van der Waals surface area contributed by atoms with Crippen LogP contribution in [0.25, 0.3) is 0 Å². The molecule has 0 nitrogen and oxygen atoms in total. The molecule has 2 aliphatic carbocycles. The highest BCUT2D eigenvalue weighted by Gasteiger charge is 2.46. The van der Waals surface area contributed by atoms with Gasteiger partial charge in [-0.1, -0.05) is 97.5 Å². The third-order valence-corrected chi connectivity index (χ3v) is 11.9. The zero-order valence-electron chi connectivity index (χ0n) is 13.7. The first-order valence-electron chi connectivity index (χ1n) is 8.54. The molecule has 0 amide bonds. The summed E-state index contributed by atoms with van der Waals surface area (Å²) in [5, 5.41) is 1.67. The molecule has 0 heterocycles. The van der Waals surface area contributed by atoms with Crippen molar-refractivity contribution in [1.29, 1.82) is 0 Å². The molecule has 1 aromatic carbocycles. The average Bonchev–Trinajstić information content (AvgIpc) is 2.88. The lowest BCUT2D eigenvalue weighted by molar-refractivity contribution is 0.491. The molecule has 3 rings (SSSR count). The van der Waals surface area contributed by atoms with Gasteiger partial charge >= 0.3 is 0 Å². The van der Waals surface area contributed by atoms with E-state index in [1.54, 1.807) is 16.3 Å². The summed E-state index contributed by atoms with van der Waals surface area (Å²) in [5.41, 5.74) is 4.89. The first kappa shape index (κ1) is 14.8. The van der Waals surface area contributed by atoms with Gasteiger partial charge in [-0.15, -0.1) is 0 Å². The lowest BCUT2D eigenvalue weighted by atomic mass is 10.0. The van der Waals surface area contributed by atoms with Crippen molar-refractivity contribution in [2.45, 2.75) is 63.6 Å². The van der Waals surface area contributed by atoms with E-state index in [-0.39, 0.29) is 0 Å². The number of rotatable bonds is 3. The lowest BCUT2D eigenvalue weighted by Gasteiger charge is -2.44. The van der Waals surface area contributed by atoms with Gasteiger partial charge in [-0.25, -0.2) is 0 Å². The second-order valence-corrected chi connectivity index (χ2v) is 11.8. The van der Waals surface area contributed by atoms with Crippen LogP contribution in [-0.2, 0) is 0 Å². The van der Waals surface area contributed by atoms with Crippen LogP contribution in [0.3, 0.4) is 0 Å². The Kier molecular flexibility index (Phi) is 4.21. The van der Waals surface area contributed by atoms with Crippen molar-refractivity contribution < 1.29 is 0 Å². The van der Waals surface area contributed by atoms with Crippen LogP contribution in [0, 0.1) is 0 Å². The largest absolute Gasteiger partial charge is 0.0978 e. The number of benzene rings is 1. The van der Waals surface area contributed by atoms with Gasteiger partial charge in [-0.2, -0.15) is 0 Å². The third kappa shape index (κ3) is 2.57. The Balaban J connectivity index is 2.06. The summed E-state index contributed by atoms with van der Waals surface area (Å²) >= 11 is 0. The van der Waals surface area contributed by atoms with Gasteiger partial charge in [0.15, 0.2) is 0 Å². The minimum atomic E-state index is -1.55. The van der Waals surface area contributed by atoms with Crippen molar-refractivity contribution >= 4 is 13.3 Å². The van der Waals surface area contributed by atoms with Crippen LogP contribution in [0.1, 0.15) is 46.0 Å². The highest BCUT2D eigenvalue weighted by Crippen LogP contribution is 2.49. The molecule has 1 unspecified atom stereocenters. The van der Waals surface area contributed by atoms with Crippen LogP contribution < -0.4 is 5.19 Å². The molecule has 1 aromatic rings. The van der Waals surface area contributed by atoms with E-state index >= 15 is 0 Å². The minimum Gasteiger partial charge on any atom is -0.0685 e. The molecule has 0 aliphatic heterocycles. The summed E-state index contributed by atoms with van der Waals surface area (Å²) in [5.74, 6) is 0. The summed E-state index contributed by atoms with van der Waals surface area (Å²) in [6.07, 6.45) is 12.0. The van der Waals surface area contributed by atoms with Gasteiger partial charge in [0.25, 0.3) is 0 Å². The molecule has 1 atom stereocenters. The van der Waals surface area contributed by atoms with Gasteiger partial charge in [0, 0.05) is 5.54 Å². The fraction of sp³-hybridized carbons (Fsp3) is 0.500. The van der Waals surface area contributed by atoms with E-state index < -0.39 is 8.07 Å². The predicted molar refractivity (Wildman–Crippen MR) is 95.8 cm³/mol. The van der Waals surface area contributed by atoms with E-state index in [4.69, 9.17) is 0 Å². The Morgan fingerprint density at radius 1 is 0.857 bits per heavy atom. The summed E-state index contributed by atoms with van der Waals surface area (Å²) in [4.78, 5) is 0. The zero-order chi connectivity index (χ0) is 14.9. The van der Waals surface area contributed by atoms with Crippen LogP contribution in [0.4, 0.5) is 0 Å². The molecule has 0 N–H and O–H groups in total. The smallest absolute Gasteiger partial charge is 0.0685 e. The number of allylic oxidation sites excluding steroid dienone is 4. The van der Waals surface area contributed by atoms with Gasteiger partial charge in [0.05, 0.1) is 8.07 Å². The van der Waals surface area contributed by atoms with Crippen molar-refractivity contribution in [3.63, 3.8) is 0 Å². The molecular weight excluding hydrogens is 268 g/mol. The van der Waals surface area contributed by atoms with Crippen LogP contribution >= 0.6 is 0 Å². The van der Waals surface area contributed by atoms with Crippen LogP contribution in [-0.4, -0.2) is 8.07 Å². The molecule has 21 heavy (non-hydrogen) atoms. The topological polar surface area (TPSA) is 0 Å².